The second-order valence-electron chi connectivity index (χ2n) is 6.68. The smallest absolute Gasteiger partial charge is 0.220 e. The van der Waals surface area contributed by atoms with Gasteiger partial charge in [0.05, 0.1) is 6.10 Å². The molecule has 1 aliphatic carbocycles. The van der Waals surface area contributed by atoms with Gasteiger partial charge in [0.25, 0.3) is 0 Å². The van der Waals surface area contributed by atoms with E-state index in [1.165, 1.54) is 0 Å². The molecule has 0 heterocycles. The number of aliphatic hydroxyl groups excluding tert-OH is 1. The maximum absolute atomic E-state index is 11.8. The lowest BCUT2D eigenvalue weighted by atomic mass is 9.84. The van der Waals surface area contributed by atoms with Crippen LogP contribution in [0.3, 0.4) is 0 Å². The quantitative estimate of drug-likeness (QED) is 0.660. The van der Waals surface area contributed by atoms with Crippen LogP contribution in [-0.2, 0) is 4.79 Å². The van der Waals surface area contributed by atoms with Crippen LogP contribution in [0, 0.1) is 11.3 Å². The van der Waals surface area contributed by atoms with Gasteiger partial charge in [-0.15, -0.1) is 0 Å². The summed E-state index contributed by atoms with van der Waals surface area (Å²) in [5.41, 5.74) is 5.72. The number of amides is 1. The van der Waals surface area contributed by atoms with E-state index in [1.54, 1.807) is 0 Å². The Hall–Kier alpha value is -0.610. The van der Waals surface area contributed by atoms with Crippen molar-refractivity contribution in [2.75, 3.05) is 13.1 Å². The number of nitrogens with two attached hydrogens (primary N) is 1. The van der Waals surface area contributed by atoms with Crippen molar-refractivity contribution in [1.29, 1.82) is 0 Å². The molecule has 1 rings (SSSR count). The average Bonchev–Trinajstić information content (AvgIpc) is 2.36. The van der Waals surface area contributed by atoms with Crippen molar-refractivity contribution in [2.45, 2.75) is 64.9 Å². The second kappa shape index (κ2) is 7.85. The first-order chi connectivity index (χ1) is 8.93. The van der Waals surface area contributed by atoms with E-state index in [-0.39, 0.29) is 17.4 Å². The highest BCUT2D eigenvalue weighted by Gasteiger charge is 2.21. The molecule has 1 saturated carbocycles. The van der Waals surface area contributed by atoms with Crippen LogP contribution < -0.4 is 11.1 Å². The summed E-state index contributed by atoms with van der Waals surface area (Å²) in [6, 6.07) is 0. The van der Waals surface area contributed by atoms with Gasteiger partial charge >= 0.3 is 0 Å². The number of aliphatic hydroxyl groups is 1. The molecule has 0 aliphatic heterocycles. The Bertz CT molecular complexity index is 271. The summed E-state index contributed by atoms with van der Waals surface area (Å²) in [6.45, 7) is 5.77. The molecule has 0 atom stereocenters. The summed E-state index contributed by atoms with van der Waals surface area (Å²) in [5, 5.41) is 12.5. The lowest BCUT2D eigenvalue weighted by Gasteiger charge is -2.26. The number of carbonyl (C=O) groups excluding carboxylic acids is 1. The molecular formula is C15H30N2O2. The summed E-state index contributed by atoms with van der Waals surface area (Å²) in [6.07, 6.45) is 6.13. The standard InChI is InChI=1S/C15H30N2O2/c1-15(2,9-10-16)8-7-14(19)17-11-12-3-5-13(18)6-4-12/h12-13,18H,3-11,16H2,1-2H3,(H,17,19). The number of hydrogen-bond donors (Lipinski definition) is 3. The van der Waals surface area contributed by atoms with Gasteiger partial charge in [-0.05, 0) is 56.4 Å². The van der Waals surface area contributed by atoms with Gasteiger partial charge in [0.15, 0.2) is 0 Å². The Labute approximate surface area is 117 Å². The van der Waals surface area contributed by atoms with Crippen LogP contribution in [-0.4, -0.2) is 30.2 Å². The fraction of sp³-hybridized carbons (Fsp3) is 0.933. The highest BCUT2D eigenvalue weighted by atomic mass is 16.3. The fourth-order valence-electron chi connectivity index (χ4n) is 2.66. The predicted octanol–water partition coefficient (Wildman–Crippen LogP) is 1.81. The van der Waals surface area contributed by atoms with Gasteiger partial charge in [0, 0.05) is 13.0 Å². The molecule has 4 nitrogen and oxygen atoms in total. The Morgan fingerprint density at radius 1 is 1.26 bits per heavy atom. The molecule has 1 amide bonds. The average molecular weight is 270 g/mol. The summed E-state index contributed by atoms with van der Waals surface area (Å²) in [5.74, 6) is 0.695. The zero-order valence-corrected chi connectivity index (χ0v) is 12.5. The Kier molecular flexibility index (Phi) is 6.80. The molecule has 19 heavy (non-hydrogen) atoms. The minimum atomic E-state index is -0.121. The highest BCUT2D eigenvalue weighted by Crippen LogP contribution is 2.26. The Balaban J connectivity index is 2.14. The molecule has 0 radical (unpaired) electrons. The molecule has 0 unspecified atom stereocenters. The first kappa shape index (κ1) is 16.4. The maximum atomic E-state index is 11.8. The minimum absolute atomic E-state index is 0.121. The van der Waals surface area contributed by atoms with Crippen LogP contribution in [0.1, 0.15) is 58.8 Å². The van der Waals surface area contributed by atoms with Crippen molar-refractivity contribution in [3.05, 3.63) is 0 Å². The first-order valence-corrected chi connectivity index (χ1v) is 7.58. The summed E-state index contributed by atoms with van der Waals surface area (Å²) >= 11 is 0. The molecule has 0 spiro atoms. The molecule has 0 bridgehead atoms. The van der Waals surface area contributed by atoms with E-state index in [2.05, 4.69) is 19.2 Å². The first-order valence-electron chi connectivity index (χ1n) is 7.58. The normalized spacial score (nSPS) is 24.2. The monoisotopic (exact) mass is 270 g/mol. The van der Waals surface area contributed by atoms with Crippen LogP contribution in [0.5, 0.6) is 0 Å². The van der Waals surface area contributed by atoms with E-state index in [1.807, 2.05) is 0 Å². The van der Waals surface area contributed by atoms with Crippen LogP contribution >= 0.6 is 0 Å². The number of carbonyl (C=O) groups is 1. The predicted molar refractivity (Wildman–Crippen MR) is 77.7 cm³/mol. The summed E-state index contributed by atoms with van der Waals surface area (Å²) < 4.78 is 0. The maximum Gasteiger partial charge on any atom is 0.220 e. The van der Waals surface area contributed by atoms with Crippen molar-refractivity contribution >= 4 is 5.91 Å². The molecule has 0 saturated heterocycles. The van der Waals surface area contributed by atoms with Gasteiger partial charge in [-0.3, -0.25) is 4.79 Å². The topological polar surface area (TPSA) is 75.4 Å². The fourth-order valence-corrected chi connectivity index (χ4v) is 2.66. The third-order valence-corrected chi connectivity index (χ3v) is 4.25. The zero-order chi connectivity index (χ0) is 14.3. The van der Waals surface area contributed by atoms with Gasteiger partial charge in [-0.25, -0.2) is 0 Å². The van der Waals surface area contributed by atoms with E-state index in [4.69, 9.17) is 5.73 Å². The second-order valence-corrected chi connectivity index (χ2v) is 6.68. The third kappa shape index (κ3) is 6.92. The van der Waals surface area contributed by atoms with Crippen LogP contribution in [0.2, 0.25) is 0 Å². The zero-order valence-electron chi connectivity index (χ0n) is 12.5. The molecule has 112 valence electrons. The van der Waals surface area contributed by atoms with Crippen molar-refractivity contribution < 1.29 is 9.90 Å². The van der Waals surface area contributed by atoms with Crippen LogP contribution in [0.25, 0.3) is 0 Å². The SMILES string of the molecule is CC(C)(CCN)CCC(=O)NCC1CCC(O)CC1. The molecular weight excluding hydrogens is 240 g/mol. The van der Waals surface area contributed by atoms with Crippen LogP contribution in [0.15, 0.2) is 0 Å². The lowest BCUT2D eigenvalue weighted by molar-refractivity contribution is -0.121. The summed E-state index contributed by atoms with van der Waals surface area (Å²) in [4.78, 5) is 11.8. The molecule has 4 N–H and O–H groups in total. The van der Waals surface area contributed by atoms with Gasteiger partial charge in [-0.1, -0.05) is 13.8 Å². The van der Waals surface area contributed by atoms with Gasteiger partial charge in [-0.2, -0.15) is 0 Å². The van der Waals surface area contributed by atoms with Gasteiger partial charge < -0.3 is 16.2 Å². The minimum Gasteiger partial charge on any atom is -0.393 e. The molecule has 1 fully saturated rings. The van der Waals surface area contributed by atoms with Crippen LogP contribution in [0.4, 0.5) is 0 Å². The number of nitrogens with one attached hydrogen (secondary N) is 1. The molecule has 0 aromatic heterocycles. The van der Waals surface area contributed by atoms with Crippen molar-refractivity contribution in [2.24, 2.45) is 17.1 Å². The molecule has 0 aromatic rings. The van der Waals surface area contributed by atoms with E-state index in [0.717, 1.165) is 45.1 Å². The number of hydrogen-bond acceptors (Lipinski definition) is 3. The van der Waals surface area contributed by atoms with E-state index in [0.29, 0.717) is 18.9 Å². The number of rotatable bonds is 7. The highest BCUT2D eigenvalue weighted by molar-refractivity contribution is 5.75. The third-order valence-electron chi connectivity index (χ3n) is 4.25. The van der Waals surface area contributed by atoms with Crippen molar-refractivity contribution in [3.63, 3.8) is 0 Å². The molecule has 4 heteroatoms. The van der Waals surface area contributed by atoms with E-state index in [9.17, 15) is 9.90 Å². The van der Waals surface area contributed by atoms with Gasteiger partial charge in [0.1, 0.15) is 0 Å². The lowest BCUT2D eigenvalue weighted by Crippen LogP contribution is -2.32. The molecule has 0 aromatic carbocycles. The Morgan fingerprint density at radius 3 is 2.47 bits per heavy atom. The largest absolute Gasteiger partial charge is 0.393 e. The van der Waals surface area contributed by atoms with Crippen molar-refractivity contribution in [3.8, 4) is 0 Å². The van der Waals surface area contributed by atoms with E-state index < -0.39 is 0 Å². The molecule has 1 aliphatic rings. The van der Waals surface area contributed by atoms with Gasteiger partial charge in [0.2, 0.25) is 5.91 Å². The van der Waals surface area contributed by atoms with Crippen molar-refractivity contribution in [1.82, 2.24) is 5.32 Å². The van der Waals surface area contributed by atoms with E-state index >= 15 is 0 Å². The Morgan fingerprint density at radius 2 is 1.89 bits per heavy atom. The summed E-state index contributed by atoms with van der Waals surface area (Å²) in [7, 11) is 0.